The van der Waals surface area contributed by atoms with Crippen molar-refractivity contribution in [2.45, 2.75) is 26.8 Å². The molecule has 3 nitrogen and oxygen atoms in total. The van der Waals surface area contributed by atoms with Crippen LogP contribution in [0.3, 0.4) is 0 Å². The lowest BCUT2D eigenvalue weighted by Crippen LogP contribution is -2.39. The molecular weight excluding hydrogens is 224 g/mol. The predicted molar refractivity (Wildman–Crippen MR) is 67.6 cm³/mol. The molecule has 1 amide bonds. The summed E-state index contributed by atoms with van der Waals surface area (Å²) in [5.74, 6) is -0.105. The van der Waals surface area contributed by atoms with E-state index in [0.717, 1.165) is 5.56 Å². The van der Waals surface area contributed by atoms with Crippen molar-refractivity contribution in [2.24, 2.45) is 11.7 Å². The lowest BCUT2D eigenvalue weighted by Gasteiger charge is -2.16. The van der Waals surface area contributed by atoms with E-state index in [-0.39, 0.29) is 11.8 Å². The van der Waals surface area contributed by atoms with E-state index in [1.54, 1.807) is 6.07 Å². The number of halogens is 1. The molecule has 0 aliphatic carbocycles. The van der Waals surface area contributed by atoms with Gasteiger partial charge in [0.2, 0.25) is 5.91 Å². The number of anilines is 1. The zero-order chi connectivity index (χ0) is 12.3. The molecular formula is C12H17ClN2O. The van der Waals surface area contributed by atoms with Crippen LogP contribution in [0, 0.1) is 12.8 Å². The Morgan fingerprint density at radius 2 is 2.06 bits per heavy atom. The van der Waals surface area contributed by atoms with Crippen LogP contribution in [0.15, 0.2) is 18.2 Å². The minimum atomic E-state index is -0.517. The van der Waals surface area contributed by atoms with Gasteiger partial charge in [-0.1, -0.05) is 31.5 Å². The lowest BCUT2D eigenvalue weighted by atomic mass is 10.0. The third kappa shape index (κ3) is 3.22. The van der Waals surface area contributed by atoms with E-state index in [2.05, 4.69) is 5.32 Å². The van der Waals surface area contributed by atoms with E-state index in [1.165, 1.54) is 0 Å². The van der Waals surface area contributed by atoms with Crippen LogP contribution in [-0.4, -0.2) is 11.9 Å². The molecule has 1 atom stereocenters. The van der Waals surface area contributed by atoms with Gasteiger partial charge >= 0.3 is 0 Å². The second kappa shape index (κ2) is 5.32. The first kappa shape index (κ1) is 13.0. The minimum absolute atomic E-state index is 0.101. The third-order valence-electron chi connectivity index (χ3n) is 2.40. The van der Waals surface area contributed by atoms with Crippen LogP contribution in [0.2, 0.25) is 5.02 Å². The summed E-state index contributed by atoms with van der Waals surface area (Å²) in [5.41, 5.74) is 7.39. The molecule has 1 aromatic carbocycles. The molecule has 1 aromatic rings. The molecule has 16 heavy (non-hydrogen) atoms. The van der Waals surface area contributed by atoms with Gasteiger partial charge in [0.1, 0.15) is 0 Å². The zero-order valence-electron chi connectivity index (χ0n) is 9.75. The highest BCUT2D eigenvalue weighted by molar-refractivity contribution is 6.33. The third-order valence-corrected chi connectivity index (χ3v) is 2.73. The molecule has 0 spiro atoms. The molecule has 0 aromatic heterocycles. The van der Waals surface area contributed by atoms with E-state index < -0.39 is 6.04 Å². The number of nitrogens with one attached hydrogen (secondary N) is 1. The Hall–Kier alpha value is -1.06. The number of carbonyl (C=O) groups excluding carboxylic acids is 1. The Labute approximate surface area is 101 Å². The van der Waals surface area contributed by atoms with Crippen LogP contribution in [0.25, 0.3) is 0 Å². The smallest absolute Gasteiger partial charge is 0.241 e. The zero-order valence-corrected chi connectivity index (χ0v) is 10.5. The van der Waals surface area contributed by atoms with Gasteiger partial charge in [0.05, 0.1) is 16.8 Å². The molecule has 0 radical (unpaired) electrons. The Kier molecular flexibility index (Phi) is 4.33. The number of amides is 1. The lowest BCUT2D eigenvalue weighted by molar-refractivity contribution is -0.118. The van der Waals surface area contributed by atoms with Gasteiger partial charge in [0, 0.05) is 0 Å². The quantitative estimate of drug-likeness (QED) is 0.853. The van der Waals surface area contributed by atoms with Crippen LogP contribution in [0.4, 0.5) is 5.69 Å². The summed E-state index contributed by atoms with van der Waals surface area (Å²) in [4.78, 5) is 11.7. The number of nitrogens with two attached hydrogens (primary N) is 1. The van der Waals surface area contributed by atoms with Crippen molar-refractivity contribution in [3.05, 3.63) is 28.8 Å². The summed E-state index contributed by atoms with van der Waals surface area (Å²) in [6, 6.07) is 4.96. The molecule has 0 fully saturated rings. The van der Waals surface area contributed by atoms with Gasteiger partial charge in [-0.3, -0.25) is 4.79 Å². The summed E-state index contributed by atoms with van der Waals surface area (Å²) in [6.45, 7) is 5.75. The first-order valence-corrected chi connectivity index (χ1v) is 5.62. The number of rotatable bonds is 3. The molecule has 88 valence electrons. The minimum Gasteiger partial charge on any atom is -0.323 e. The SMILES string of the molecule is Cc1ccc(Cl)c(NC(=O)[C@H](N)C(C)C)c1. The van der Waals surface area contributed by atoms with E-state index in [4.69, 9.17) is 17.3 Å². The van der Waals surface area contributed by atoms with Gasteiger partial charge in [-0.2, -0.15) is 0 Å². The second-order valence-corrected chi connectivity index (χ2v) is 4.65. The van der Waals surface area contributed by atoms with Gasteiger partial charge in [-0.15, -0.1) is 0 Å². The van der Waals surface area contributed by atoms with Gasteiger partial charge < -0.3 is 11.1 Å². The maximum atomic E-state index is 11.7. The molecule has 0 aliphatic rings. The van der Waals surface area contributed by atoms with Crippen molar-refractivity contribution >= 4 is 23.2 Å². The molecule has 0 saturated heterocycles. The molecule has 1 rings (SSSR count). The van der Waals surface area contributed by atoms with Crippen molar-refractivity contribution in [1.82, 2.24) is 0 Å². The highest BCUT2D eigenvalue weighted by Gasteiger charge is 2.17. The van der Waals surface area contributed by atoms with E-state index in [0.29, 0.717) is 10.7 Å². The maximum absolute atomic E-state index is 11.7. The topological polar surface area (TPSA) is 55.1 Å². The fourth-order valence-corrected chi connectivity index (χ4v) is 1.42. The summed E-state index contributed by atoms with van der Waals surface area (Å²) < 4.78 is 0. The van der Waals surface area contributed by atoms with Crippen molar-refractivity contribution in [3.8, 4) is 0 Å². The number of hydrogen-bond donors (Lipinski definition) is 2. The predicted octanol–water partition coefficient (Wildman–Crippen LogP) is 2.57. The Morgan fingerprint density at radius 1 is 1.44 bits per heavy atom. The Morgan fingerprint density at radius 3 is 2.62 bits per heavy atom. The fraction of sp³-hybridized carbons (Fsp3) is 0.417. The highest BCUT2D eigenvalue weighted by atomic mass is 35.5. The molecule has 0 heterocycles. The normalized spacial score (nSPS) is 12.6. The van der Waals surface area contributed by atoms with Crippen molar-refractivity contribution in [1.29, 1.82) is 0 Å². The Bertz CT molecular complexity index is 391. The van der Waals surface area contributed by atoms with Crippen molar-refractivity contribution in [2.75, 3.05) is 5.32 Å². The van der Waals surface area contributed by atoms with Crippen molar-refractivity contribution in [3.63, 3.8) is 0 Å². The highest BCUT2D eigenvalue weighted by Crippen LogP contribution is 2.23. The second-order valence-electron chi connectivity index (χ2n) is 4.24. The fourth-order valence-electron chi connectivity index (χ4n) is 1.25. The summed E-state index contributed by atoms with van der Waals surface area (Å²) in [6.07, 6.45) is 0. The number of benzene rings is 1. The van der Waals surface area contributed by atoms with E-state index in [9.17, 15) is 4.79 Å². The molecule has 0 bridgehead atoms. The van der Waals surface area contributed by atoms with Crippen LogP contribution in [0.1, 0.15) is 19.4 Å². The summed E-state index contributed by atoms with van der Waals surface area (Å²) in [5, 5.41) is 3.26. The van der Waals surface area contributed by atoms with Crippen LogP contribution >= 0.6 is 11.6 Å². The summed E-state index contributed by atoms with van der Waals surface area (Å²) in [7, 11) is 0. The van der Waals surface area contributed by atoms with Gasteiger partial charge in [-0.25, -0.2) is 0 Å². The number of carbonyl (C=O) groups is 1. The van der Waals surface area contributed by atoms with Crippen LogP contribution < -0.4 is 11.1 Å². The van der Waals surface area contributed by atoms with Gasteiger partial charge in [0.15, 0.2) is 0 Å². The van der Waals surface area contributed by atoms with E-state index in [1.807, 2.05) is 32.9 Å². The van der Waals surface area contributed by atoms with Crippen LogP contribution in [-0.2, 0) is 4.79 Å². The average Bonchev–Trinajstić information content (AvgIpc) is 2.22. The van der Waals surface area contributed by atoms with Crippen molar-refractivity contribution < 1.29 is 4.79 Å². The average molecular weight is 241 g/mol. The first-order valence-electron chi connectivity index (χ1n) is 5.24. The Balaban J connectivity index is 2.80. The number of aryl methyl sites for hydroxylation is 1. The standard InChI is InChI=1S/C12H17ClN2O/c1-7(2)11(14)12(16)15-10-6-8(3)4-5-9(10)13/h4-7,11H,14H2,1-3H3,(H,15,16)/t11-/m1/s1. The van der Waals surface area contributed by atoms with Gasteiger partial charge in [-0.05, 0) is 30.5 Å². The molecule has 3 N–H and O–H groups in total. The van der Waals surface area contributed by atoms with Gasteiger partial charge in [0.25, 0.3) is 0 Å². The molecule has 0 saturated carbocycles. The number of hydrogen-bond acceptors (Lipinski definition) is 2. The monoisotopic (exact) mass is 240 g/mol. The molecule has 0 unspecified atom stereocenters. The molecule has 0 aliphatic heterocycles. The first-order chi connectivity index (χ1) is 7.41. The summed E-state index contributed by atoms with van der Waals surface area (Å²) >= 11 is 5.97. The largest absolute Gasteiger partial charge is 0.323 e. The molecule has 4 heteroatoms. The van der Waals surface area contributed by atoms with Crippen LogP contribution in [0.5, 0.6) is 0 Å². The maximum Gasteiger partial charge on any atom is 0.241 e. The van der Waals surface area contributed by atoms with E-state index >= 15 is 0 Å².